The quantitative estimate of drug-likeness (QED) is 0.708. The molecule has 0 aliphatic heterocycles. The zero-order chi connectivity index (χ0) is 10.2. The van der Waals surface area contributed by atoms with Crippen LogP contribution in [-0.4, -0.2) is 11.7 Å². The van der Waals surface area contributed by atoms with E-state index in [0.29, 0.717) is 0 Å². The Morgan fingerprint density at radius 2 is 2.00 bits per heavy atom. The first-order valence-electron chi connectivity index (χ1n) is 5.18. The van der Waals surface area contributed by atoms with Crippen LogP contribution in [0.1, 0.15) is 18.9 Å². The lowest BCUT2D eigenvalue weighted by atomic mass is 9.99. The third-order valence-corrected chi connectivity index (χ3v) is 2.22. The van der Waals surface area contributed by atoms with Gasteiger partial charge in [-0.1, -0.05) is 49.4 Å². The molecule has 0 fully saturated rings. The summed E-state index contributed by atoms with van der Waals surface area (Å²) >= 11 is 0. The Kier molecular flexibility index (Phi) is 5.02. The zero-order valence-electron chi connectivity index (χ0n) is 8.69. The van der Waals surface area contributed by atoms with Crippen LogP contribution in [0, 0.1) is 5.92 Å². The lowest BCUT2D eigenvalue weighted by molar-refractivity contribution is 0.252. The molecule has 0 aromatic heterocycles. The topological polar surface area (TPSA) is 20.2 Å². The molecule has 0 saturated heterocycles. The van der Waals surface area contributed by atoms with Crippen molar-refractivity contribution in [3.05, 3.63) is 48.0 Å². The predicted octanol–water partition coefficient (Wildman–Crippen LogP) is 2.80. The minimum Gasteiger partial charge on any atom is -0.396 e. The van der Waals surface area contributed by atoms with Gasteiger partial charge in [-0.2, -0.15) is 0 Å². The van der Waals surface area contributed by atoms with Crippen LogP contribution < -0.4 is 0 Å². The second-order valence-corrected chi connectivity index (χ2v) is 3.47. The van der Waals surface area contributed by atoms with E-state index in [-0.39, 0.29) is 12.5 Å². The van der Waals surface area contributed by atoms with Crippen molar-refractivity contribution in [3.8, 4) is 0 Å². The highest BCUT2D eigenvalue weighted by Gasteiger charge is 2.03. The molecule has 76 valence electrons. The Morgan fingerprint density at radius 1 is 1.29 bits per heavy atom. The number of allylic oxidation sites excluding steroid dienone is 1. The van der Waals surface area contributed by atoms with Gasteiger partial charge in [0.15, 0.2) is 0 Å². The van der Waals surface area contributed by atoms with E-state index in [1.165, 1.54) is 5.56 Å². The van der Waals surface area contributed by atoms with E-state index in [1.807, 2.05) is 18.2 Å². The maximum Gasteiger partial charge on any atom is 0.0496 e. The summed E-state index contributed by atoms with van der Waals surface area (Å²) < 4.78 is 0. The highest BCUT2D eigenvalue weighted by molar-refractivity contribution is 5.16. The van der Waals surface area contributed by atoms with Gasteiger partial charge in [-0.05, 0) is 18.4 Å². The molecule has 1 aromatic rings. The molecule has 1 unspecified atom stereocenters. The Hall–Kier alpha value is -1.08. The molecule has 1 atom stereocenters. The second kappa shape index (κ2) is 6.39. The summed E-state index contributed by atoms with van der Waals surface area (Å²) in [6, 6.07) is 10.3. The maximum atomic E-state index is 9.16. The Morgan fingerprint density at radius 3 is 2.57 bits per heavy atom. The molecule has 1 heteroatoms. The smallest absolute Gasteiger partial charge is 0.0496 e. The average Bonchev–Trinajstić information content (AvgIpc) is 2.25. The molecule has 1 N–H and O–H groups in total. The fourth-order valence-corrected chi connectivity index (χ4v) is 1.44. The number of aliphatic hydroxyl groups is 1. The average molecular weight is 190 g/mol. The minimum atomic E-state index is 0.228. The largest absolute Gasteiger partial charge is 0.396 e. The van der Waals surface area contributed by atoms with Gasteiger partial charge in [0.1, 0.15) is 0 Å². The van der Waals surface area contributed by atoms with E-state index in [0.717, 1.165) is 12.8 Å². The van der Waals surface area contributed by atoms with Crippen molar-refractivity contribution >= 4 is 0 Å². The van der Waals surface area contributed by atoms with Gasteiger partial charge in [0.2, 0.25) is 0 Å². The van der Waals surface area contributed by atoms with Gasteiger partial charge in [-0.3, -0.25) is 0 Å². The Bertz CT molecular complexity index is 264. The fourth-order valence-electron chi connectivity index (χ4n) is 1.44. The van der Waals surface area contributed by atoms with Crippen LogP contribution in [0.2, 0.25) is 0 Å². The summed E-state index contributed by atoms with van der Waals surface area (Å²) in [5, 5.41) is 9.16. The molecule has 0 spiro atoms. The molecule has 1 rings (SSSR count). The molecule has 1 nitrogen and oxygen atoms in total. The van der Waals surface area contributed by atoms with Crippen molar-refractivity contribution in [2.45, 2.75) is 19.8 Å². The fraction of sp³-hybridized carbons (Fsp3) is 0.385. The van der Waals surface area contributed by atoms with E-state index in [4.69, 9.17) is 5.11 Å². The lowest BCUT2D eigenvalue weighted by Gasteiger charge is -2.08. The van der Waals surface area contributed by atoms with E-state index in [2.05, 4.69) is 31.2 Å². The van der Waals surface area contributed by atoms with Gasteiger partial charge in [-0.15, -0.1) is 0 Å². The number of hydrogen-bond donors (Lipinski definition) is 1. The first-order chi connectivity index (χ1) is 6.86. The molecule has 0 saturated carbocycles. The molecular weight excluding hydrogens is 172 g/mol. The van der Waals surface area contributed by atoms with Crippen molar-refractivity contribution in [2.24, 2.45) is 5.92 Å². The van der Waals surface area contributed by atoms with Gasteiger partial charge < -0.3 is 5.11 Å². The van der Waals surface area contributed by atoms with Crippen LogP contribution in [0.5, 0.6) is 0 Å². The molecular formula is C13H18O. The van der Waals surface area contributed by atoms with E-state index in [9.17, 15) is 0 Å². The van der Waals surface area contributed by atoms with Crippen molar-refractivity contribution < 1.29 is 5.11 Å². The molecule has 0 bridgehead atoms. The normalized spacial score (nSPS) is 13.3. The minimum absolute atomic E-state index is 0.228. The van der Waals surface area contributed by atoms with Crippen LogP contribution in [0.25, 0.3) is 0 Å². The summed E-state index contributed by atoms with van der Waals surface area (Å²) in [6.07, 6.45) is 6.18. The van der Waals surface area contributed by atoms with E-state index < -0.39 is 0 Å². The molecule has 0 aliphatic carbocycles. The highest BCUT2D eigenvalue weighted by atomic mass is 16.3. The van der Waals surface area contributed by atoms with Crippen LogP contribution in [0.4, 0.5) is 0 Å². The lowest BCUT2D eigenvalue weighted by Crippen LogP contribution is -2.06. The van der Waals surface area contributed by atoms with E-state index >= 15 is 0 Å². The number of rotatable bonds is 5. The van der Waals surface area contributed by atoms with Crippen molar-refractivity contribution in [1.82, 2.24) is 0 Å². The second-order valence-electron chi connectivity index (χ2n) is 3.47. The van der Waals surface area contributed by atoms with Crippen molar-refractivity contribution in [3.63, 3.8) is 0 Å². The van der Waals surface area contributed by atoms with Gasteiger partial charge in [0.05, 0.1) is 0 Å². The maximum absolute atomic E-state index is 9.16. The molecule has 0 amide bonds. The third-order valence-electron chi connectivity index (χ3n) is 2.22. The van der Waals surface area contributed by atoms with Crippen LogP contribution in [0.3, 0.4) is 0 Å². The number of benzene rings is 1. The first kappa shape index (κ1) is 11.0. The summed E-state index contributed by atoms with van der Waals surface area (Å²) in [6.45, 7) is 2.33. The standard InChI is InChI=1S/C13H18O/c1-2-3-7-13(11-14)10-12-8-5-4-6-9-12/h3-9,13-14H,2,10-11H2,1H3. The molecule has 14 heavy (non-hydrogen) atoms. The molecule has 0 heterocycles. The number of aliphatic hydroxyl groups excluding tert-OH is 1. The molecule has 0 radical (unpaired) electrons. The SMILES string of the molecule is CCC=CC(CO)Cc1ccccc1. The van der Waals surface area contributed by atoms with Crippen molar-refractivity contribution in [1.29, 1.82) is 0 Å². The molecule has 0 aliphatic rings. The van der Waals surface area contributed by atoms with Gasteiger partial charge in [0.25, 0.3) is 0 Å². The van der Waals surface area contributed by atoms with Crippen LogP contribution in [-0.2, 0) is 6.42 Å². The number of hydrogen-bond acceptors (Lipinski definition) is 1. The summed E-state index contributed by atoms with van der Waals surface area (Å²) in [5.41, 5.74) is 1.28. The Balaban J connectivity index is 2.53. The Labute approximate surface area is 86.1 Å². The zero-order valence-corrected chi connectivity index (χ0v) is 8.69. The predicted molar refractivity (Wildman–Crippen MR) is 60.2 cm³/mol. The highest BCUT2D eigenvalue weighted by Crippen LogP contribution is 2.09. The van der Waals surface area contributed by atoms with E-state index in [1.54, 1.807) is 0 Å². The summed E-state index contributed by atoms with van der Waals surface area (Å²) in [7, 11) is 0. The molecule has 1 aromatic carbocycles. The van der Waals surface area contributed by atoms with Gasteiger partial charge in [-0.25, -0.2) is 0 Å². The van der Waals surface area contributed by atoms with Gasteiger partial charge in [0, 0.05) is 12.5 Å². The first-order valence-corrected chi connectivity index (χ1v) is 5.18. The van der Waals surface area contributed by atoms with Gasteiger partial charge >= 0.3 is 0 Å². The summed E-state index contributed by atoms with van der Waals surface area (Å²) in [5.74, 6) is 0.261. The summed E-state index contributed by atoms with van der Waals surface area (Å²) in [4.78, 5) is 0. The van der Waals surface area contributed by atoms with Crippen LogP contribution >= 0.6 is 0 Å². The van der Waals surface area contributed by atoms with Crippen LogP contribution in [0.15, 0.2) is 42.5 Å². The monoisotopic (exact) mass is 190 g/mol. The third kappa shape index (κ3) is 3.75. The van der Waals surface area contributed by atoms with Crippen molar-refractivity contribution in [2.75, 3.05) is 6.61 Å².